The van der Waals surface area contributed by atoms with Gasteiger partial charge in [-0.25, -0.2) is 0 Å². The number of nitrogens with zero attached hydrogens (tertiary/aromatic N) is 1. The molecule has 0 saturated carbocycles. The number of nitrogens with one attached hydrogen (secondary N) is 1. The van der Waals surface area contributed by atoms with Crippen LogP contribution in [0.2, 0.25) is 0 Å². The predicted molar refractivity (Wildman–Crippen MR) is 136 cm³/mol. The van der Waals surface area contributed by atoms with Crippen molar-refractivity contribution in [3.8, 4) is 17.2 Å². The van der Waals surface area contributed by atoms with Gasteiger partial charge in [-0.05, 0) is 54.8 Å². The van der Waals surface area contributed by atoms with Gasteiger partial charge in [-0.15, -0.1) is 6.58 Å². The molecule has 1 amide bonds. The number of carbonyl (C=O) groups excluding carboxylic acids is 1. The van der Waals surface area contributed by atoms with Crippen LogP contribution in [0.4, 0.5) is 11.4 Å². The second-order valence-electron chi connectivity index (χ2n) is 8.00. The van der Waals surface area contributed by atoms with Crippen LogP contribution in [0, 0.1) is 17.0 Å². The van der Waals surface area contributed by atoms with Crippen LogP contribution in [-0.2, 0) is 13.0 Å². The quantitative estimate of drug-likeness (QED) is 0.150. The molecule has 3 aromatic carbocycles. The summed E-state index contributed by atoms with van der Waals surface area (Å²) in [6, 6.07) is 22.1. The van der Waals surface area contributed by atoms with Crippen LogP contribution in [0.15, 0.2) is 95.9 Å². The number of carbonyl (C=O) groups is 1. The predicted octanol–water partition coefficient (Wildman–Crippen LogP) is 6.85. The minimum Gasteiger partial charge on any atom is -0.485 e. The Morgan fingerprint density at radius 3 is 2.67 bits per heavy atom. The molecular formula is C28H24N2O6. The normalized spacial score (nSPS) is 10.5. The highest BCUT2D eigenvalue weighted by atomic mass is 16.6. The average molecular weight is 485 g/mol. The summed E-state index contributed by atoms with van der Waals surface area (Å²) in [6.45, 7) is 5.80. The molecule has 0 spiro atoms. The zero-order valence-corrected chi connectivity index (χ0v) is 19.6. The van der Waals surface area contributed by atoms with Gasteiger partial charge >= 0.3 is 0 Å². The van der Waals surface area contributed by atoms with Gasteiger partial charge < -0.3 is 19.2 Å². The summed E-state index contributed by atoms with van der Waals surface area (Å²) in [7, 11) is 0. The molecule has 36 heavy (non-hydrogen) atoms. The molecule has 0 saturated heterocycles. The Labute approximate surface area is 207 Å². The number of aryl methyl sites for hydroxylation is 1. The smallest absolute Gasteiger partial charge is 0.291 e. The van der Waals surface area contributed by atoms with Gasteiger partial charge in [0.05, 0.1) is 16.7 Å². The average Bonchev–Trinajstić information content (AvgIpc) is 3.33. The number of nitro benzene ring substituents is 1. The van der Waals surface area contributed by atoms with Gasteiger partial charge in [-0.1, -0.05) is 36.4 Å². The van der Waals surface area contributed by atoms with E-state index in [2.05, 4.69) is 11.9 Å². The first-order valence-corrected chi connectivity index (χ1v) is 11.2. The number of amides is 1. The van der Waals surface area contributed by atoms with Gasteiger partial charge in [0.2, 0.25) is 0 Å². The summed E-state index contributed by atoms with van der Waals surface area (Å²) >= 11 is 0. The fourth-order valence-corrected chi connectivity index (χ4v) is 3.52. The minimum atomic E-state index is -0.560. The molecular weight excluding hydrogens is 460 g/mol. The van der Waals surface area contributed by atoms with Crippen LogP contribution < -0.4 is 14.8 Å². The van der Waals surface area contributed by atoms with E-state index in [4.69, 9.17) is 13.9 Å². The van der Waals surface area contributed by atoms with Crippen molar-refractivity contribution in [1.29, 1.82) is 0 Å². The third-order valence-corrected chi connectivity index (χ3v) is 5.18. The largest absolute Gasteiger partial charge is 0.485 e. The third-order valence-electron chi connectivity index (χ3n) is 5.18. The molecule has 4 aromatic rings. The lowest BCUT2D eigenvalue weighted by atomic mass is 10.1. The van der Waals surface area contributed by atoms with Gasteiger partial charge in [0, 0.05) is 12.1 Å². The second-order valence-corrected chi connectivity index (χ2v) is 8.00. The Bertz CT molecular complexity index is 1410. The highest BCUT2D eigenvalue weighted by molar-refractivity contribution is 6.02. The van der Waals surface area contributed by atoms with E-state index in [1.54, 1.807) is 24.3 Å². The van der Waals surface area contributed by atoms with Crippen LogP contribution in [-0.4, -0.2) is 10.8 Å². The molecule has 0 bridgehead atoms. The number of furan rings is 1. The SMILES string of the molecule is C=CCc1ccccc1OCc1ccc(C(=O)Nc2cc(Oc3cccc(C)c3)cc([N+](=O)[O-])c2)o1. The molecule has 0 radical (unpaired) electrons. The number of allylic oxidation sites excluding steroid dienone is 1. The van der Waals surface area contributed by atoms with Gasteiger partial charge in [-0.3, -0.25) is 14.9 Å². The van der Waals surface area contributed by atoms with E-state index in [0.717, 1.165) is 11.1 Å². The standard InChI is InChI=1S/C28H24N2O6/c1-3-7-20-9-4-5-11-26(20)34-18-24-12-13-27(36-24)28(31)29-21-15-22(30(32)33)17-25(16-21)35-23-10-6-8-19(2)14-23/h3-6,8-17H,1,7,18H2,2H3,(H,29,31). The molecule has 0 atom stereocenters. The monoisotopic (exact) mass is 484 g/mol. The molecule has 0 unspecified atom stereocenters. The molecule has 0 aliphatic rings. The number of ether oxygens (including phenoxy) is 2. The molecule has 4 rings (SSSR count). The van der Waals surface area contributed by atoms with Crippen molar-refractivity contribution in [2.75, 3.05) is 5.32 Å². The maximum absolute atomic E-state index is 12.8. The molecule has 0 aliphatic carbocycles. The number of para-hydroxylation sites is 1. The summed E-state index contributed by atoms with van der Waals surface area (Å²) in [5, 5.41) is 14.1. The number of non-ortho nitro benzene ring substituents is 1. The minimum absolute atomic E-state index is 0.0423. The van der Waals surface area contributed by atoms with E-state index in [-0.39, 0.29) is 29.5 Å². The zero-order chi connectivity index (χ0) is 25.5. The van der Waals surface area contributed by atoms with Crippen LogP contribution in [0.5, 0.6) is 17.2 Å². The van der Waals surface area contributed by atoms with Crippen LogP contribution >= 0.6 is 0 Å². The van der Waals surface area contributed by atoms with Crippen molar-refractivity contribution in [2.24, 2.45) is 0 Å². The first-order chi connectivity index (χ1) is 17.4. The van der Waals surface area contributed by atoms with Crippen molar-refractivity contribution in [2.45, 2.75) is 20.0 Å². The lowest BCUT2D eigenvalue weighted by molar-refractivity contribution is -0.384. The number of anilines is 1. The number of rotatable bonds is 10. The summed E-state index contributed by atoms with van der Waals surface area (Å²) < 4.78 is 17.3. The fourth-order valence-electron chi connectivity index (χ4n) is 3.52. The highest BCUT2D eigenvalue weighted by Gasteiger charge is 2.16. The van der Waals surface area contributed by atoms with Gasteiger partial charge in [0.1, 0.15) is 29.6 Å². The highest BCUT2D eigenvalue weighted by Crippen LogP contribution is 2.30. The molecule has 182 valence electrons. The molecule has 1 aromatic heterocycles. The van der Waals surface area contributed by atoms with E-state index >= 15 is 0 Å². The van der Waals surface area contributed by atoms with E-state index in [1.165, 1.54) is 24.3 Å². The Balaban J connectivity index is 1.46. The van der Waals surface area contributed by atoms with Crippen molar-refractivity contribution >= 4 is 17.3 Å². The molecule has 1 N–H and O–H groups in total. The maximum atomic E-state index is 12.8. The first-order valence-electron chi connectivity index (χ1n) is 11.2. The van der Waals surface area contributed by atoms with Crippen LogP contribution in [0.3, 0.4) is 0 Å². The first kappa shape index (κ1) is 24.3. The van der Waals surface area contributed by atoms with E-state index < -0.39 is 10.8 Å². The number of hydrogen-bond acceptors (Lipinski definition) is 6. The van der Waals surface area contributed by atoms with Crippen molar-refractivity contribution in [3.63, 3.8) is 0 Å². The number of benzene rings is 3. The van der Waals surface area contributed by atoms with E-state index in [1.807, 2.05) is 43.3 Å². The van der Waals surface area contributed by atoms with Crippen LogP contribution in [0.1, 0.15) is 27.4 Å². The third kappa shape index (κ3) is 6.18. The number of nitro groups is 1. The lowest BCUT2D eigenvalue weighted by Gasteiger charge is -2.10. The van der Waals surface area contributed by atoms with Crippen LogP contribution in [0.25, 0.3) is 0 Å². The molecule has 8 heteroatoms. The summed E-state index contributed by atoms with van der Waals surface area (Å²) in [4.78, 5) is 23.6. The van der Waals surface area contributed by atoms with Crippen molar-refractivity contribution in [3.05, 3.63) is 124 Å². The topological polar surface area (TPSA) is 104 Å². The summed E-state index contributed by atoms with van der Waals surface area (Å²) in [5.41, 5.74) is 1.95. The Morgan fingerprint density at radius 2 is 1.89 bits per heavy atom. The fraction of sp³-hybridized carbons (Fsp3) is 0.107. The van der Waals surface area contributed by atoms with E-state index in [9.17, 15) is 14.9 Å². The Hall–Kier alpha value is -4.85. The zero-order valence-electron chi connectivity index (χ0n) is 19.6. The molecule has 0 aliphatic heterocycles. The molecule has 0 fully saturated rings. The molecule has 1 heterocycles. The number of hydrogen-bond donors (Lipinski definition) is 1. The van der Waals surface area contributed by atoms with Gasteiger partial charge in [-0.2, -0.15) is 0 Å². The Kier molecular flexibility index (Phi) is 7.45. The van der Waals surface area contributed by atoms with Crippen molar-refractivity contribution in [1.82, 2.24) is 0 Å². The van der Waals surface area contributed by atoms with Gasteiger partial charge in [0.15, 0.2) is 5.76 Å². The lowest BCUT2D eigenvalue weighted by Crippen LogP contribution is -2.11. The molecule has 8 nitrogen and oxygen atoms in total. The van der Waals surface area contributed by atoms with Crippen molar-refractivity contribution < 1.29 is 23.6 Å². The maximum Gasteiger partial charge on any atom is 0.291 e. The summed E-state index contributed by atoms with van der Waals surface area (Å²) in [6.07, 6.45) is 2.46. The second kappa shape index (κ2) is 11.1. The van der Waals surface area contributed by atoms with Gasteiger partial charge in [0.25, 0.3) is 11.6 Å². The Morgan fingerprint density at radius 1 is 1.06 bits per heavy atom. The summed E-state index contributed by atoms with van der Waals surface area (Å²) in [5.74, 6) is 1.39. The van der Waals surface area contributed by atoms with E-state index in [0.29, 0.717) is 23.7 Å².